The number of aromatic amines is 1. The van der Waals surface area contributed by atoms with Crippen molar-refractivity contribution in [2.24, 2.45) is 0 Å². The second kappa shape index (κ2) is 5.70. The fraction of sp³-hybridized carbons (Fsp3) is 0.176. The molecule has 1 aromatic carbocycles. The third-order valence-electron chi connectivity index (χ3n) is 3.48. The van der Waals surface area contributed by atoms with E-state index in [1.165, 1.54) is 16.7 Å². The van der Waals surface area contributed by atoms with Gasteiger partial charge in [-0.25, -0.2) is 0 Å². The molecular formula is C17H17N3. The molecule has 0 amide bonds. The lowest BCUT2D eigenvalue weighted by atomic mass is 10.0. The Morgan fingerprint density at radius 2 is 1.70 bits per heavy atom. The van der Waals surface area contributed by atoms with E-state index in [0.29, 0.717) is 0 Å². The molecule has 0 aliphatic carbocycles. The number of aryl methyl sites for hydroxylation is 3. The van der Waals surface area contributed by atoms with Crippen LogP contribution in [0.25, 0.3) is 11.1 Å². The van der Waals surface area contributed by atoms with Crippen LogP contribution in [0.4, 0.5) is 0 Å². The maximum atomic E-state index is 4.46. The number of H-pyrrole nitrogens is 1. The topological polar surface area (TPSA) is 41.6 Å². The van der Waals surface area contributed by atoms with Gasteiger partial charge < -0.3 is 0 Å². The number of nitrogens with zero attached hydrogens (tertiary/aromatic N) is 2. The molecule has 2 heterocycles. The summed E-state index contributed by atoms with van der Waals surface area (Å²) in [6, 6.07) is 14.6. The highest BCUT2D eigenvalue weighted by atomic mass is 15.1. The molecule has 0 fully saturated rings. The number of aromatic nitrogens is 3. The van der Waals surface area contributed by atoms with E-state index in [1.54, 1.807) is 0 Å². The SMILES string of the molecule is Cc1[nH]nc(CCc2ccccc2)c1-c1ccncc1. The molecule has 0 atom stereocenters. The summed E-state index contributed by atoms with van der Waals surface area (Å²) in [7, 11) is 0. The molecule has 20 heavy (non-hydrogen) atoms. The van der Waals surface area contributed by atoms with E-state index in [2.05, 4.69) is 46.4 Å². The lowest BCUT2D eigenvalue weighted by Crippen LogP contribution is -1.94. The van der Waals surface area contributed by atoms with Crippen molar-refractivity contribution in [3.05, 3.63) is 71.8 Å². The molecular weight excluding hydrogens is 246 g/mol. The van der Waals surface area contributed by atoms with E-state index in [4.69, 9.17) is 0 Å². The van der Waals surface area contributed by atoms with E-state index in [-0.39, 0.29) is 0 Å². The Hall–Kier alpha value is -2.42. The molecule has 0 bridgehead atoms. The number of pyridine rings is 1. The van der Waals surface area contributed by atoms with Gasteiger partial charge in [-0.15, -0.1) is 0 Å². The van der Waals surface area contributed by atoms with Crippen molar-refractivity contribution in [1.29, 1.82) is 0 Å². The Bertz CT molecular complexity index is 672. The summed E-state index contributed by atoms with van der Waals surface area (Å²) in [5.74, 6) is 0. The molecule has 0 radical (unpaired) electrons. The third kappa shape index (κ3) is 2.62. The summed E-state index contributed by atoms with van der Waals surface area (Å²) < 4.78 is 0. The summed E-state index contributed by atoms with van der Waals surface area (Å²) >= 11 is 0. The predicted octanol–water partition coefficient (Wildman–Crippen LogP) is 3.57. The van der Waals surface area contributed by atoms with Crippen LogP contribution in [0.2, 0.25) is 0 Å². The highest BCUT2D eigenvalue weighted by molar-refractivity contribution is 5.67. The second-order valence-electron chi connectivity index (χ2n) is 4.89. The van der Waals surface area contributed by atoms with E-state index in [9.17, 15) is 0 Å². The van der Waals surface area contributed by atoms with Gasteiger partial charge in [0.05, 0.1) is 5.69 Å². The van der Waals surface area contributed by atoms with Crippen LogP contribution in [0, 0.1) is 6.92 Å². The van der Waals surface area contributed by atoms with Crippen molar-refractivity contribution in [2.45, 2.75) is 19.8 Å². The van der Waals surface area contributed by atoms with Gasteiger partial charge >= 0.3 is 0 Å². The van der Waals surface area contributed by atoms with Gasteiger partial charge in [0.15, 0.2) is 0 Å². The lowest BCUT2D eigenvalue weighted by Gasteiger charge is -2.04. The Kier molecular flexibility index (Phi) is 3.59. The fourth-order valence-electron chi connectivity index (χ4n) is 2.47. The van der Waals surface area contributed by atoms with Crippen LogP contribution < -0.4 is 0 Å². The minimum absolute atomic E-state index is 0.937. The molecule has 2 aromatic heterocycles. The van der Waals surface area contributed by atoms with Crippen LogP contribution in [-0.4, -0.2) is 15.2 Å². The Morgan fingerprint density at radius 1 is 0.950 bits per heavy atom. The Labute approximate surface area is 118 Å². The molecule has 0 aliphatic rings. The van der Waals surface area contributed by atoms with Crippen molar-refractivity contribution in [1.82, 2.24) is 15.2 Å². The maximum absolute atomic E-state index is 4.46. The Balaban J connectivity index is 1.85. The first-order valence-electron chi connectivity index (χ1n) is 6.83. The zero-order valence-corrected chi connectivity index (χ0v) is 11.5. The highest BCUT2D eigenvalue weighted by Crippen LogP contribution is 2.26. The monoisotopic (exact) mass is 263 g/mol. The molecule has 3 rings (SSSR count). The van der Waals surface area contributed by atoms with Gasteiger partial charge in [0, 0.05) is 23.7 Å². The van der Waals surface area contributed by atoms with Crippen LogP contribution in [0.1, 0.15) is 17.0 Å². The predicted molar refractivity (Wildman–Crippen MR) is 80.4 cm³/mol. The van der Waals surface area contributed by atoms with E-state index in [0.717, 1.165) is 24.2 Å². The molecule has 0 saturated heterocycles. The molecule has 1 N–H and O–H groups in total. The van der Waals surface area contributed by atoms with Crippen molar-refractivity contribution in [3.63, 3.8) is 0 Å². The Morgan fingerprint density at radius 3 is 2.45 bits per heavy atom. The largest absolute Gasteiger partial charge is 0.282 e. The minimum Gasteiger partial charge on any atom is -0.282 e. The molecule has 3 heteroatoms. The first kappa shape index (κ1) is 12.6. The van der Waals surface area contributed by atoms with E-state index >= 15 is 0 Å². The maximum Gasteiger partial charge on any atom is 0.0706 e. The minimum atomic E-state index is 0.937. The number of rotatable bonds is 4. The quantitative estimate of drug-likeness (QED) is 0.782. The summed E-state index contributed by atoms with van der Waals surface area (Å²) in [5, 5.41) is 7.56. The van der Waals surface area contributed by atoms with Gasteiger partial charge in [-0.05, 0) is 43.0 Å². The molecule has 0 aliphatic heterocycles. The standard InChI is InChI=1S/C17H17N3/c1-13-17(15-9-11-18-12-10-15)16(20-19-13)8-7-14-5-3-2-4-6-14/h2-6,9-12H,7-8H2,1H3,(H,19,20). The highest BCUT2D eigenvalue weighted by Gasteiger charge is 2.12. The van der Waals surface area contributed by atoms with Gasteiger partial charge in [-0.1, -0.05) is 30.3 Å². The molecule has 3 aromatic rings. The van der Waals surface area contributed by atoms with Crippen molar-refractivity contribution in [3.8, 4) is 11.1 Å². The first-order valence-corrected chi connectivity index (χ1v) is 6.83. The summed E-state index contributed by atoms with van der Waals surface area (Å²) in [6.07, 6.45) is 5.58. The lowest BCUT2D eigenvalue weighted by molar-refractivity contribution is 0.891. The average Bonchev–Trinajstić information content (AvgIpc) is 2.88. The van der Waals surface area contributed by atoms with Gasteiger partial charge in [0.2, 0.25) is 0 Å². The second-order valence-corrected chi connectivity index (χ2v) is 4.89. The van der Waals surface area contributed by atoms with Crippen LogP contribution in [0.5, 0.6) is 0 Å². The molecule has 100 valence electrons. The van der Waals surface area contributed by atoms with E-state index < -0.39 is 0 Å². The fourth-order valence-corrected chi connectivity index (χ4v) is 2.47. The van der Waals surface area contributed by atoms with E-state index in [1.807, 2.05) is 30.6 Å². The smallest absolute Gasteiger partial charge is 0.0706 e. The number of benzene rings is 1. The number of hydrogen-bond donors (Lipinski definition) is 1. The van der Waals surface area contributed by atoms with Crippen molar-refractivity contribution >= 4 is 0 Å². The van der Waals surface area contributed by atoms with Crippen molar-refractivity contribution < 1.29 is 0 Å². The van der Waals surface area contributed by atoms with Crippen LogP contribution in [0.15, 0.2) is 54.9 Å². The third-order valence-corrected chi connectivity index (χ3v) is 3.48. The summed E-state index contributed by atoms with van der Waals surface area (Å²) in [4.78, 5) is 4.08. The van der Waals surface area contributed by atoms with Gasteiger partial charge in [-0.3, -0.25) is 10.1 Å². The van der Waals surface area contributed by atoms with Gasteiger partial charge in [0.1, 0.15) is 0 Å². The zero-order chi connectivity index (χ0) is 13.8. The van der Waals surface area contributed by atoms with Crippen LogP contribution >= 0.6 is 0 Å². The molecule has 0 saturated carbocycles. The van der Waals surface area contributed by atoms with Gasteiger partial charge in [0.25, 0.3) is 0 Å². The average molecular weight is 263 g/mol. The normalized spacial score (nSPS) is 10.7. The van der Waals surface area contributed by atoms with Crippen LogP contribution in [0.3, 0.4) is 0 Å². The molecule has 3 nitrogen and oxygen atoms in total. The summed E-state index contributed by atoms with van der Waals surface area (Å²) in [5.41, 5.74) is 5.96. The summed E-state index contributed by atoms with van der Waals surface area (Å²) in [6.45, 7) is 2.06. The number of hydrogen-bond acceptors (Lipinski definition) is 2. The molecule has 0 spiro atoms. The number of nitrogens with one attached hydrogen (secondary N) is 1. The van der Waals surface area contributed by atoms with Crippen LogP contribution in [-0.2, 0) is 12.8 Å². The van der Waals surface area contributed by atoms with Crippen molar-refractivity contribution in [2.75, 3.05) is 0 Å². The zero-order valence-electron chi connectivity index (χ0n) is 11.5. The first-order chi connectivity index (χ1) is 9.84. The molecule has 0 unspecified atom stereocenters. The van der Waals surface area contributed by atoms with Gasteiger partial charge in [-0.2, -0.15) is 5.10 Å².